The summed E-state index contributed by atoms with van der Waals surface area (Å²) in [4.78, 5) is 24.2. The Morgan fingerprint density at radius 3 is 2.67 bits per heavy atom. The zero-order valence-corrected chi connectivity index (χ0v) is 15.9. The molecule has 3 aromatic heterocycles. The van der Waals surface area contributed by atoms with E-state index in [1.165, 1.54) is 4.80 Å². The molecule has 0 amide bonds. The van der Waals surface area contributed by atoms with Gasteiger partial charge in [0.25, 0.3) is 0 Å². The molecule has 1 aliphatic heterocycles. The van der Waals surface area contributed by atoms with Crippen LogP contribution in [0.4, 0.5) is 5.82 Å². The average Bonchev–Trinajstić information content (AvgIpc) is 3.32. The highest BCUT2D eigenvalue weighted by molar-refractivity contribution is 5.83. The van der Waals surface area contributed by atoms with Crippen molar-refractivity contribution >= 4 is 23.3 Å². The fourth-order valence-electron chi connectivity index (χ4n) is 3.08. The Kier molecular flexibility index (Phi) is 4.12. The highest BCUT2D eigenvalue weighted by Crippen LogP contribution is 2.29. The van der Waals surface area contributed by atoms with Crippen molar-refractivity contribution < 1.29 is 9.21 Å². The normalized spacial score (nSPS) is 17.8. The summed E-state index contributed by atoms with van der Waals surface area (Å²) in [6.07, 6.45) is 1.83. The summed E-state index contributed by atoms with van der Waals surface area (Å²) >= 11 is 0. The van der Waals surface area contributed by atoms with Crippen molar-refractivity contribution in [3.63, 3.8) is 0 Å². The van der Waals surface area contributed by atoms with E-state index < -0.39 is 0 Å². The van der Waals surface area contributed by atoms with Crippen LogP contribution in [0, 0.1) is 12.8 Å². The van der Waals surface area contributed by atoms with Gasteiger partial charge in [-0.2, -0.15) is 4.80 Å². The van der Waals surface area contributed by atoms with Crippen LogP contribution in [-0.2, 0) is 16.8 Å². The van der Waals surface area contributed by atoms with Gasteiger partial charge in [-0.25, -0.2) is 9.97 Å². The van der Waals surface area contributed by atoms with Crippen LogP contribution in [0.5, 0.6) is 0 Å². The maximum Gasteiger partial charge on any atom is 0.239 e. The number of hydrogen-bond donors (Lipinski definition) is 0. The molecule has 0 radical (unpaired) electrons. The van der Waals surface area contributed by atoms with E-state index in [-0.39, 0.29) is 17.9 Å². The highest BCUT2D eigenvalue weighted by Gasteiger charge is 2.29. The lowest BCUT2D eigenvalue weighted by atomic mass is 9.96. The van der Waals surface area contributed by atoms with Crippen molar-refractivity contribution in [2.24, 2.45) is 5.92 Å². The van der Waals surface area contributed by atoms with Gasteiger partial charge in [0.2, 0.25) is 17.4 Å². The third-order valence-corrected chi connectivity index (χ3v) is 4.50. The van der Waals surface area contributed by atoms with Crippen LogP contribution in [-0.4, -0.2) is 54.5 Å². The number of nitrogens with zero attached hydrogens (tertiary/aromatic N) is 8. The van der Waals surface area contributed by atoms with Crippen LogP contribution in [0.1, 0.15) is 44.8 Å². The minimum atomic E-state index is -0.236. The lowest BCUT2D eigenvalue weighted by Crippen LogP contribution is -2.24. The lowest BCUT2D eigenvalue weighted by molar-refractivity contribution is -0.110. The molecule has 0 bridgehead atoms. The van der Waals surface area contributed by atoms with E-state index in [0.717, 1.165) is 25.1 Å². The van der Waals surface area contributed by atoms with Gasteiger partial charge < -0.3 is 14.1 Å². The number of aldehydes is 1. The Bertz CT molecular complexity index is 987. The number of hydrogen-bond acceptors (Lipinski definition) is 9. The molecule has 0 unspecified atom stereocenters. The van der Waals surface area contributed by atoms with E-state index in [1.54, 1.807) is 6.92 Å². The Morgan fingerprint density at radius 2 is 2.04 bits per heavy atom. The molecular formula is C17H22N8O2. The summed E-state index contributed by atoms with van der Waals surface area (Å²) < 4.78 is 5.41. The molecule has 3 aromatic rings. The summed E-state index contributed by atoms with van der Waals surface area (Å²) in [7, 11) is 0. The molecule has 10 nitrogen and oxygen atoms in total. The van der Waals surface area contributed by atoms with Crippen LogP contribution < -0.4 is 4.90 Å². The first-order valence-corrected chi connectivity index (χ1v) is 8.96. The molecule has 0 saturated carbocycles. The predicted molar refractivity (Wildman–Crippen MR) is 96.3 cm³/mol. The van der Waals surface area contributed by atoms with Gasteiger partial charge in [0.05, 0.1) is 0 Å². The first kappa shape index (κ1) is 17.5. The topological polar surface area (TPSA) is 116 Å². The summed E-state index contributed by atoms with van der Waals surface area (Å²) in [5, 5.41) is 16.9. The maximum absolute atomic E-state index is 11.2. The summed E-state index contributed by atoms with van der Waals surface area (Å²) in [6.45, 7) is 9.56. The highest BCUT2D eigenvalue weighted by atomic mass is 16.4. The Morgan fingerprint density at radius 1 is 1.22 bits per heavy atom. The number of aryl methyl sites for hydroxylation is 1. The van der Waals surface area contributed by atoms with Gasteiger partial charge in [0, 0.05) is 31.3 Å². The molecule has 0 aliphatic carbocycles. The molecule has 27 heavy (non-hydrogen) atoms. The average molecular weight is 370 g/mol. The Labute approximate surface area is 156 Å². The SMILES string of the molecule is Cc1nnc(Cn2nc3nc(C(C)(C)C)nc(N4CC[C@H](C=O)C4)c3n2)o1. The molecule has 0 spiro atoms. The van der Waals surface area contributed by atoms with Crippen LogP contribution in [0.3, 0.4) is 0 Å². The fourth-order valence-corrected chi connectivity index (χ4v) is 3.08. The molecule has 1 aliphatic rings. The van der Waals surface area contributed by atoms with Crippen molar-refractivity contribution in [1.82, 2.24) is 35.2 Å². The predicted octanol–water partition coefficient (Wildman–Crippen LogP) is 1.28. The van der Waals surface area contributed by atoms with Crippen LogP contribution >= 0.6 is 0 Å². The second kappa shape index (κ2) is 6.36. The quantitative estimate of drug-likeness (QED) is 0.626. The van der Waals surface area contributed by atoms with Gasteiger partial charge in [-0.1, -0.05) is 20.8 Å². The summed E-state index contributed by atoms with van der Waals surface area (Å²) in [5.41, 5.74) is 0.904. The standard InChI is InChI=1S/C17H22N8O2/c1-10-20-21-12(27-10)8-25-22-13-14(23-25)18-16(17(2,3)4)19-15(13)24-6-5-11(7-24)9-26/h9,11H,5-8H2,1-4H3/t11-/m0/s1. The van der Waals surface area contributed by atoms with Crippen molar-refractivity contribution in [2.75, 3.05) is 18.0 Å². The monoisotopic (exact) mass is 370 g/mol. The molecule has 0 N–H and O–H groups in total. The van der Waals surface area contributed by atoms with Crippen molar-refractivity contribution in [3.05, 3.63) is 17.6 Å². The minimum Gasteiger partial charge on any atom is -0.423 e. The molecule has 10 heteroatoms. The van der Waals surface area contributed by atoms with E-state index in [2.05, 4.69) is 51.0 Å². The molecule has 4 rings (SSSR count). The largest absolute Gasteiger partial charge is 0.423 e. The zero-order valence-electron chi connectivity index (χ0n) is 15.9. The summed E-state index contributed by atoms with van der Waals surface area (Å²) in [6, 6.07) is 0. The summed E-state index contributed by atoms with van der Waals surface area (Å²) in [5.74, 6) is 2.36. The van der Waals surface area contributed by atoms with E-state index >= 15 is 0 Å². The van der Waals surface area contributed by atoms with E-state index in [1.807, 2.05) is 0 Å². The first-order chi connectivity index (χ1) is 12.8. The molecule has 1 saturated heterocycles. The first-order valence-electron chi connectivity index (χ1n) is 8.96. The van der Waals surface area contributed by atoms with Crippen molar-refractivity contribution in [1.29, 1.82) is 0 Å². The number of aromatic nitrogens is 7. The number of carbonyl (C=O) groups excluding carboxylic acids is 1. The smallest absolute Gasteiger partial charge is 0.239 e. The molecule has 142 valence electrons. The lowest BCUT2D eigenvalue weighted by Gasteiger charge is -2.21. The molecule has 1 fully saturated rings. The van der Waals surface area contributed by atoms with Gasteiger partial charge in [0.15, 0.2) is 11.3 Å². The third-order valence-electron chi connectivity index (χ3n) is 4.50. The van der Waals surface area contributed by atoms with Crippen molar-refractivity contribution in [2.45, 2.75) is 46.1 Å². The molecule has 1 atom stereocenters. The van der Waals surface area contributed by atoms with Gasteiger partial charge in [-0.3, -0.25) is 0 Å². The number of carbonyl (C=O) groups is 1. The van der Waals surface area contributed by atoms with Gasteiger partial charge in [0.1, 0.15) is 18.7 Å². The second-order valence-electron chi connectivity index (χ2n) is 7.87. The van der Waals surface area contributed by atoms with Crippen molar-refractivity contribution in [3.8, 4) is 0 Å². The minimum absolute atomic E-state index is 0.0181. The van der Waals surface area contributed by atoms with E-state index in [9.17, 15) is 4.79 Å². The van der Waals surface area contributed by atoms with E-state index in [4.69, 9.17) is 9.40 Å². The molecule has 4 heterocycles. The number of fused-ring (bicyclic) bond motifs is 1. The van der Waals surface area contributed by atoms with Gasteiger partial charge in [-0.05, 0) is 6.42 Å². The second-order valence-corrected chi connectivity index (χ2v) is 7.87. The zero-order chi connectivity index (χ0) is 19.2. The van der Waals surface area contributed by atoms with Crippen LogP contribution in [0.2, 0.25) is 0 Å². The van der Waals surface area contributed by atoms with Gasteiger partial charge >= 0.3 is 0 Å². The number of anilines is 1. The third kappa shape index (κ3) is 3.38. The fraction of sp³-hybridized carbons (Fsp3) is 0.588. The Balaban J connectivity index is 1.77. The Hall–Kier alpha value is -2.91. The van der Waals surface area contributed by atoms with Gasteiger partial charge in [-0.15, -0.1) is 20.4 Å². The van der Waals surface area contributed by atoms with E-state index in [0.29, 0.717) is 35.3 Å². The molecular weight excluding hydrogens is 348 g/mol. The maximum atomic E-state index is 11.2. The van der Waals surface area contributed by atoms with Crippen LogP contribution in [0.15, 0.2) is 4.42 Å². The number of rotatable bonds is 4. The van der Waals surface area contributed by atoms with Crippen LogP contribution in [0.25, 0.3) is 11.2 Å². The molecule has 0 aromatic carbocycles.